The molecule has 1 aromatic heterocycles. The van der Waals surface area contributed by atoms with Crippen LogP contribution in [0, 0.1) is 0 Å². The Kier molecular flexibility index (Phi) is 4.79. The third-order valence-electron chi connectivity index (χ3n) is 4.06. The molecule has 0 radical (unpaired) electrons. The number of hydrogen-bond acceptors (Lipinski definition) is 4. The van der Waals surface area contributed by atoms with Gasteiger partial charge in [-0.15, -0.1) is 0 Å². The molecule has 0 spiro atoms. The minimum Gasteiger partial charge on any atom is -0.482 e. The second-order valence-corrected chi connectivity index (χ2v) is 5.69. The smallest absolute Gasteiger partial charge is 0.341 e. The van der Waals surface area contributed by atoms with Gasteiger partial charge in [-0.05, 0) is 43.5 Å². The summed E-state index contributed by atoms with van der Waals surface area (Å²) < 4.78 is 5.09. The summed E-state index contributed by atoms with van der Waals surface area (Å²) in [7, 11) is 0. The Morgan fingerprint density at radius 1 is 1.29 bits per heavy atom. The molecule has 1 saturated heterocycles. The first-order valence-corrected chi connectivity index (χ1v) is 7.90. The highest BCUT2D eigenvalue weighted by molar-refractivity contribution is 5.94. The number of H-pyrrole nitrogens is 1. The van der Waals surface area contributed by atoms with Crippen LogP contribution in [0.4, 0.5) is 0 Å². The maximum absolute atomic E-state index is 12.8. The second-order valence-electron chi connectivity index (χ2n) is 5.69. The van der Waals surface area contributed by atoms with Crippen LogP contribution in [-0.2, 0) is 4.79 Å². The first kappa shape index (κ1) is 16.0. The average molecular weight is 329 g/mol. The lowest BCUT2D eigenvalue weighted by molar-refractivity contribution is -0.139. The van der Waals surface area contributed by atoms with Crippen LogP contribution in [0.3, 0.4) is 0 Å². The maximum atomic E-state index is 12.8. The van der Waals surface area contributed by atoms with E-state index in [-0.39, 0.29) is 11.9 Å². The number of ether oxygens (including phenoxy) is 1. The molecule has 2 heterocycles. The molecule has 1 aliphatic heterocycles. The number of imidazole rings is 1. The minimum absolute atomic E-state index is 0.0378. The topological polar surface area (TPSA) is 95.5 Å². The number of nitrogens with zero attached hydrogens (tertiary/aromatic N) is 2. The number of aliphatic carboxylic acids is 1. The van der Waals surface area contributed by atoms with Crippen molar-refractivity contribution in [3.63, 3.8) is 0 Å². The molecular formula is C17H19N3O4. The van der Waals surface area contributed by atoms with E-state index in [0.717, 1.165) is 25.1 Å². The average Bonchev–Trinajstić information content (AvgIpc) is 3.14. The number of piperidine rings is 1. The Hall–Kier alpha value is -2.83. The van der Waals surface area contributed by atoms with Gasteiger partial charge in [-0.3, -0.25) is 4.79 Å². The van der Waals surface area contributed by atoms with Crippen molar-refractivity contribution >= 4 is 11.9 Å². The van der Waals surface area contributed by atoms with E-state index in [1.54, 1.807) is 36.7 Å². The van der Waals surface area contributed by atoms with Crippen molar-refractivity contribution in [2.75, 3.05) is 13.2 Å². The third kappa shape index (κ3) is 3.56. The molecule has 7 heteroatoms. The van der Waals surface area contributed by atoms with E-state index in [4.69, 9.17) is 9.84 Å². The molecule has 1 aliphatic rings. The van der Waals surface area contributed by atoms with Crippen LogP contribution in [0.2, 0.25) is 0 Å². The predicted molar refractivity (Wildman–Crippen MR) is 85.8 cm³/mol. The van der Waals surface area contributed by atoms with Crippen molar-refractivity contribution in [1.82, 2.24) is 14.9 Å². The van der Waals surface area contributed by atoms with Crippen LogP contribution in [-0.4, -0.2) is 45.0 Å². The first-order chi connectivity index (χ1) is 11.6. The standard InChI is InChI=1S/C17H19N3O4/c21-15(22)11-24-13-6-4-12(5-7-13)17(23)20-10-2-1-3-14(20)16-18-8-9-19-16/h4-9,14H,1-3,10-11H2,(H,18,19)(H,21,22). The van der Waals surface area contributed by atoms with Gasteiger partial charge in [0.1, 0.15) is 11.6 Å². The molecule has 2 N–H and O–H groups in total. The summed E-state index contributed by atoms with van der Waals surface area (Å²) in [6.07, 6.45) is 6.39. The van der Waals surface area contributed by atoms with Gasteiger partial charge in [-0.1, -0.05) is 0 Å². The van der Waals surface area contributed by atoms with Crippen LogP contribution in [0.15, 0.2) is 36.7 Å². The number of aromatic nitrogens is 2. The highest BCUT2D eigenvalue weighted by Gasteiger charge is 2.30. The lowest BCUT2D eigenvalue weighted by Gasteiger charge is -2.34. The largest absolute Gasteiger partial charge is 0.482 e. The molecule has 126 valence electrons. The van der Waals surface area contributed by atoms with Crippen LogP contribution < -0.4 is 4.74 Å². The predicted octanol–water partition coefficient (Wildman–Crippen LogP) is 2.24. The summed E-state index contributed by atoms with van der Waals surface area (Å²) in [6.45, 7) is 0.293. The molecular weight excluding hydrogens is 310 g/mol. The Morgan fingerprint density at radius 2 is 2.08 bits per heavy atom. The summed E-state index contributed by atoms with van der Waals surface area (Å²) in [6, 6.07) is 6.51. The number of likely N-dealkylation sites (tertiary alicyclic amines) is 1. The van der Waals surface area contributed by atoms with E-state index in [1.807, 2.05) is 4.90 Å². The fraction of sp³-hybridized carbons (Fsp3) is 0.353. The summed E-state index contributed by atoms with van der Waals surface area (Å²) in [5.74, 6) is 0.144. The molecule has 1 atom stereocenters. The number of carboxylic acid groups (broad SMARTS) is 1. The molecule has 1 aromatic carbocycles. The van der Waals surface area contributed by atoms with Gasteiger partial charge in [0, 0.05) is 24.5 Å². The monoisotopic (exact) mass is 329 g/mol. The number of carbonyl (C=O) groups excluding carboxylic acids is 1. The lowest BCUT2D eigenvalue weighted by Crippen LogP contribution is -2.39. The minimum atomic E-state index is -1.04. The Balaban J connectivity index is 1.73. The zero-order valence-electron chi connectivity index (χ0n) is 13.1. The number of carboxylic acids is 1. The van der Waals surface area contributed by atoms with Crippen molar-refractivity contribution in [1.29, 1.82) is 0 Å². The van der Waals surface area contributed by atoms with Crippen molar-refractivity contribution < 1.29 is 19.4 Å². The van der Waals surface area contributed by atoms with Gasteiger partial charge in [0.05, 0.1) is 6.04 Å². The van der Waals surface area contributed by atoms with E-state index < -0.39 is 12.6 Å². The highest BCUT2D eigenvalue weighted by Crippen LogP contribution is 2.30. The van der Waals surface area contributed by atoms with E-state index in [2.05, 4.69) is 9.97 Å². The summed E-state index contributed by atoms with van der Waals surface area (Å²) in [5.41, 5.74) is 0.552. The number of carbonyl (C=O) groups is 2. The van der Waals surface area contributed by atoms with Crippen molar-refractivity contribution in [2.45, 2.75) is 25.3 Å². The molecule has 3 rings (SSSR count). The summed E-state index contributed by atoms with van der Waals surface area (Å²) in [5, 5.41) is 8.61. The van der Waals surface area contributed by atoms with Crippen LogP contribution in [0.1, 0.15) is 41.5 Å². The molecule has 24 heavy (non-hydrogen) atoms. The fourth-order valence-corrected chi connectivity index (χ4v) is 2.92. The van der Waals surface area contributed by atoms with Crippen molar-refractivity contribution in [3.05, 3.63) is 48.0 Å². The molecule has 0 saturated carbocycles. The van der Waals surface area contributed by atoms with Crippen molar-refractivity contribution in [2.24, 2.45) is 0 Å². The third-order valence-corrected chi connectivity index (χ3v) is 4.06. The van der Waals surface area contributed by atoms with E-state index >= 15 is 0 Å². The zero-order valence-corrected chi connectivity index (χ0v) is 13.1. The van der Waals surface area contributed by atoms with Gasteiger partial charge < -0.3 is 19.7 Å². The number of benzene rings is 1. The maximum Gasteiger partial charge on any atom is 0.341 e. The van der Waals surface area contributed by atoms with Gasteiger partial charge in [-0.25, -0.2) is 9.78 Å². The van der Waals surface area contributed by atoms with E-state index in [1.165, 1.54) is 0 Å². The molecule has 1 fully saturated rings. The van der Waals surface area contributed by atoms with Gasteiger partial charge in [0.15, 0.2) is 6.61 Å². The highest BCUT2D eigenvalue weighted by atomic mass is 16.5. The number of rotatable bonds is 5. The van der Waals surface area contributed by atoms with Gasteiger partial charge >= 0.3 is 5.97 Å². The van der Waals surface area contributed by atoms with Crippen LogP contribution >= 0.6 is 0 Å². The lowest BCUT2D eigenvalue weighted by atomic mass is 10.00. The zero-order chi connectivity index (χ0) is 16.9. The Labute approximate surface area is 139 Å². The second kappa shape index (κ2) is 7.16. The summed E-state index contributed by atoms with van der Waals surface area (Å²) >= 11 is 0. The van der Waals surface area contributed by atoms with Gasteiger partial charge in [0.25, 0.3) is 5.91 Å². The van der Waals surface area contributed by atoms with E-state index in [0.29, 0.717) is 17.9 Å². The van der Waals surface area contributed by atoms with Crippen LogP contribution in [0.25, 0.3) is 0 Å². The molecule has 7 nitrogen and oxygen atoms in total. The van der Waals surface area contributed by atoms with Crippen LogP contribution in [0.5, 0.6) is 5.75 Å². The van der Waals surface area contributed by atoms with E-state index in [9.17, 15) is 9.59 Å². The molecule has 1 unspecified atom stereocenters. The quantitative estimate of drug-likeness (QED) is 0.877. The number of hydrogen-bond donors (Lipinski definition) is 2. The molecule has 2 aromatic rings. The molecule has 0 aliphatic carbocycles. The number of nitrogens with one attached hydrogen (secondary N) is 1. The first-order valence-electron chi connectivity index (χ1n) is 7.90. The number of amides is 1. The Bertz CT molecular complexity index is 697. The van der Waals surface area contributed by atoms with Gasteiger partial charge in [0.2, 0.25) is 0 Å². The summed E-state index contributed by atoms with van der Waals surface area (Å²) in [4.78, 5) is 32.6. The van der Waals surface area contributed by atoms with Gasteiger partial charge in [-0.2, -0.15) is 0 Å². The molecule has 1 amide bonds. The van der Waals surface area contributed by atoms with Crippen molar-refractivity contribution in [3.8, 4) is 5.75 Å². The SMILES string of the molecule is O=C(O)COc1ccc(C(=O)N2CCCCC2c2ncc[nH]2)cc1. The normalized spacial score (nSPS) is 17.5. The fourth-order valence-electron chi connectivity index (χ4n) is 2.92. The number of aromatic amines is 1. The molecule has 0 bridgehead atoms. The Morgan fingerprint density at radius 3 is 2.75 bits per heavy atom.